The van der Waals surface area contributed by atoms with Crippen molar-refractivity contribution in [2.75, 3.05) is 26.5 Å². The van der Waals surface area contributed by atoms with Crippen LogP contribution in [-0.4, -0.2) is 26.1 Å². The van der Waals surface area contributed by atoms with Crippen LogP contribution in [0.4, 0.5) is 5.69 Å². The second kappa shape index (κ2) is 6.48. The smallest absolute Gasteiger partial charge is 0.141 e. The van der Waals surface area contributed by atoms with Gasteiger partial charge >= 0.3 is 0 Å². The molecule has 0 saturated heterocycles. The SMILES string of the molecule is COc1ccc(CN(C)C)cc1NC(C)c1ccco1. The minimum absolute atomic E-state index is 0.0912. The highest BCUT2D eigenvalue weighted by Gasteiger charge is 2.12. The summed E-state index contributed by atoms with van der Waals surface area (Å²) in [5, 5.41) is 3.44. The van der Waals surface area contributed by atoms with E-state index in [4.69, 9.17) is 9.15 Å². The molecule has 1 aromatic carbocycles. The van der Waals surface area contributed by atoms with Gasteiger partial charge in [-0.15, -0.1) is 0 Å². The van der Waals surface area contributed by atoms with Crippen LogP contribution in [0.25, 0.3) is 0 Å². The van der Waals surface area contributed by atoms with E-state index in [1.165, 1.54) is 5.56 Å². The highest BCUT2D eigenvalue weighted by Crippen LogP contribution is 2.29. The van der Waals surface area contributed by atoms with Gasteiger partial charge in [0.1, 0.15) is 11.5 Å². The predicted molar refractivity (Wildman–Crippen MR) is 81.1 cm³/mol. The lowest BCUT2D eigenvalue weighted by molar-refractivity contribution is 0.400. The van der Waals surface area contributed by atoms with Crippen LogP contribution in [0.1, 0.15) is 24.3 Å². The molecule has 108 valence electrons. The molecule has 4 heteroatoms. The number of nitrogens with zero attached hydrogens (tertiary/aromatic N) is 1. The Morgan fingerprint density at radius 1 is 1.30 bits per heavy atom. The van der Waals surface area contributed by atoms with E-state index in [-0.39, 0.29) is 6.04 Å². The molecule has 1 aromatic heterocycles. The van der Waals surface area contributed by atoms with Crippen molar-refractivity contribution in [3.05, 3.63) is 47.9 Å². The molecule has 0 aliphatic heterocycles. The average molecular weight is 274 g/mol. The van der Waals surface area contributed by atoms with Crippen molar-refractivity contribution in [3.8, 4) is 5.75 Å². The Kier molecular flexibility index (Phi) is 4.69. The molecule has 20 heavy (non-hydrogen) atoms. The van der Waals surface area contributed by atoms with Crippen molar-refractivity contribution < 1.29 is 9.15 Å². The summed E-state index contributed by atoms with van der Waals surface area (Å²) in [7, 11) is 5.80. The van der Waals surface area contributed by atoms with Crippen molar-refractivity contribution >= 4 is 5.69 Å². The molecular formula is C16H22N2O2. The van der Waals surface area contributed by atoms with Crippen molar-refractivity contribution in [1.29, 1.82) is 0 Å². The van der Waals surface area contributed by atoms with E-state index < -0.39 is 0 Å². The van der Waals surface area contributed by atoms with E-state index in [1.807, 2.05) is 18.2 Å². The quantitative estimate of drug-likeness (QED) is 0.874. The fourth-order valence-electron chi connectivity index (χ4n) is 2.17. The second-order valence-electron chi connectivity index (χ2n) is 5.15. The first kappa shape index (κ1) is 14.5. The molecule has 1 atom stereocenters. The van der Waals surface area contributed by atoms with Crippen molar-refractivity contribution in [1.82, 2.24) is 4.90 Å². The lowest BCUT2D eigenvalue weighted by Crippen LogP contribution is -2.12. The van der Waals surface area contributed by atoms with Crippen LogP contribution >= 0.6 is 0 Å². The maximum atomic E-state index is 5.42. The topological polar surface area (TPSA) is 37.6 Å². The fraction of sp³-hybridized carbons (Fsp3) is 0.375. The summed E-state index contributed by atoms with van der Waals surface area (Å²) in [6.07, 6.45) is 1.69. The van der Waals surface area contributed by atoms with Crippen LogP contribution in [0.2, 0.25) is 0 Å². The van der Waals surface area contributed by atoms with E-state index in [0.717, 1.165) is 23.7 Å². The lowest BCUT2D eigenvalue weighted by atomic mass is 10.1. The van der Waals surface area contributed by atoms with Gasteiger partial charge in [0.05, 0.1) is 25.1 Å². The second-order valence-corrected chi connectivity index (χ2v) is 5.15. The lowest BCUT2D eigenvalue weighted by Gasteiger charge is -2.18. The minimum Gasteiger partial charge on any atom is -0.495 e. The summed E-state index contributed by atoms with van der Waals surface area (Å²) in [6.45, 7) is 2.96. The van der Waals surface area contributed by atoms with Crippen LogP contribution in [-0.2, 0) is 6.54 Å². The van der Waals surface area contributed by atoms with Crippen molar-refractivity contribution in [3.63, 3.8) is 0 Å². The summed E-state index contributed by atoms with van der Waals surface area (Å²) in [5.74, 6) is 1.75. The Bertz CT molecular complexity index is 535. The van der Waals surface area contributed by atoms with E-state index in [2.05, 4.69) is 43.4 Å². The molecule has 0 amide bonds. The van der Waals surface area contributed by atoms with Crippen LogP contribution in [0, 0.1) is 0 Å². The molecule has 4 nitrogen and oxygen atoms in total. The predicted octanol–water partition coefficient (Wildman–Crippen LogP) is 3.52. The number of ether oxygens (including phenoxy) is 1. The monoisotopic (exact) mass is 274 g/mol. The molecule has 0 bridgehead atoms. The first-order valence-corrected chi connectivity index (χ1v) is 6.71. The Labute approximate surface area is 120 Å². The normalized spacial score (nSPS) is 12.4. The largest absolute Gasteiger partial charge is 0.495 e. The van der Waals surface area contributed by atoms with Gasteiger partial charge in [0.2, 0.25) is 0 Å². The minimum atomic E-state index is 0.0912. The average Bonchev–Trinajstić information content (AvgIpc) is 2.92. The number of nitrogens with one attached hydrogen (secondary N) is 1. The molecule has 0 aliphatic carbocycles. The Hall–Kier alpha value is -1.94. The number of hydrogen-bond acceptors (Lipinski definition) is 4. The molecule has 1 heterocycles. The van der Waals surface area contributed by atoms with E-state index in [1.54, 1.807) is 13.4 Å². The van der Waals surface area contributed by atoms with Gasteiger partial charge in [-0.3, -0.25) is 0 Å². The Morgan fingerprint density at radius 2 is 2.10 bits per heavy atom. The van der Waals surface area contributed by atoms with Crippen LogP contribution < -0.4 is 10.1 Å². The molecule has 0 aliphatic rings. The molecule has 0 fully saturated rings. The third-order valence-electron chi connectivity index (χ3n) is 3.10. The van der Waals surface area contributed by atoms with E-state index in [0.29, 0.717) is 0 Å². The number of furan rings is 1. The zero-order valence-corrected chi connectivity index (χ0v) is 12.5. The molecular weight excluding hydrogens is 252 g/mol. The van der Waals surface area contributed by atoms with Gasteiger partial charge in [0.15, 0.2) is 0 Å². The van der Waals surface area contributed by atoms with Crippen LogP contribution in [0.5, 0.6) is 5.75 Å². The van der Waals surface area contributed by atoms with Gasteiger partial charge in [-0.2, -0.15) is 0 Å². The number of benzene rings is 1. The Balaban J connectivity index is 2.19. The standard InChI is InChI=1S/C16H22N2O2/c1-12(15-6-5-9-20-15)17-14-10-13(11-18(2)3)7-8-16(14)19-4/h5-10,12,17H,11H2,1-4H3. The van der Waals surface area contributed by atoms with Gasteiger partial charge < -0.3 is 19.4 Å². The van der Waals surface area contributed by atoms with Crippen molar-refractivity contribution in [2.24, 2.45) is 0 Å². The van der Waals surface area contributed by atoms with Gasteiger partial charge in [-0.05, 0) is 50.8 Å². The molecule has 2 rings (SSSR count). The summed E-state index contributed by atoms with van der Waals surface area (Å²) in [5.41, 5.74) is 2.22. The molecule has 0 radical (unpaired) electrons. The maximum Gasteiger partial charge on any atom is 0.141 e. The highest BCUT2D eigenvalue weighted by molar-refractivity contribution is 5.59. The zero-order valence-electron chi connectivity index (χ0n) is 12.5. The number of methoxy groups -OCH3 is 1. The van der Waals surface area contributed by atoms with Crippen molar-refractivity contribution in [2.45, 2.75) is 19.5 Å². The van der Waals surface area contributed by atoms with Gasteiger partial charge in [-0.1, -0.05) is 6.07 Å². The van der Waals surface area contributed by atoms with E-state index in [9.17, 15) is 0 Å². The van der Waals surface area contributed by atoms with Crippen LogP contribution in [0.3, 0.4) is 0 Å². The van der Waals surface area contributed by atoms with Gasteiger partial charge in [-0.25, -0.2) is 0 Å². The van der Waals surface area contributed by atoms with Gasteiger partial charge in [0, 0.05) is 6.54 Å². The highest BCUT2D eigenvalue weighted by atomic mass is 16.5. The van der Waals surface area contributed by atoms with Gasteiger partial charge in [0.25, 0.3) is 0 Å². The first-order chi connectivity index (χ1) is 9.60. The number of anilines is 1. The molecule has 0 spiro atoms. The third-order valence-corrected chi connectivity index (χ3v) is 3.10. The van der Waals surface area contributed by atoms with E-state index >= 15 is 0 Å². The first-order valence-electron chi connectivity index (χ1n) is 6.71. The summed E-state index contributed by atoms with van der Waals surface area (Å²) in [4.78, 5) is 2.14. The Morgan fingerprint density at radius 3 is 2.70 bits per heavy atom. The van der Waals surface area contributed by atoms with Crippen LogP contribution in [0.15, 0.2) is 41.0 Å². The fourth-order valence-corrected chi connectivity index (χ4v) is 2.17. The summed E-state index contributed by atoms with van der Waals surface area (Å²) in [6, 6.07) is 10.2. The number of hydrogen-bond donors (Lipinski definition) is 1. The summed E-state index contributed by atoms with van der Waals surface area (Å²) < 4.78 is 10.8. The summed E-state index contributed by atoms with van der Waals surface area (Å²) >= 11 is 0. The third kappa shape index (κ3) is 3.54. The molecule has 1 unspecified atom stereocenters. The maximum absolute atomic E-state index is 5.42. The molecule has 1 N–H and O–H groups in total. The molecule has 2 aromatic rings. The number of rotatable bonds is 6. The molecule has 0 saturated carbocycles. The zero-order chi connectivity index (χ0) is 14.5.